The van der Waals surface area contributed by atoms with Gasteiger partial charge in [0.1, 0.15) is 12.6 Å². The Labute approximate surface area is 238 Å². The lowest BCUT2D eigenvalue weighted by Crippen LogP contribution is -2.50. The van der Waals surface area contributed by atoms with Gasteiger partial charge in [-0.15, -0.1) is 11.8 Å². The van der Waals surface area contributed by atoms with Crippen LogP contribution in [0.3, 0.4) is 0 Å². The Morgan fingerprint density at radius 2 is 1.55 bits per heavy atom. The predicted molar refractivity (Wildman–Crippen MR) is 154 cm³/mol. The van der Waals surface area contributed by atoms with E-state index in [1.807, 2.05) is 13.2 Å². The molecule has 11 heteroatoms. The number of thioether (sulfide) groups is 1. The van der Waals surface area contributed by atoms with E-state index in [1.165, 1.54) is 35.8 Å². The number of aryl methyl sites for hydroxylation is 1. The van der Waals surface area contributed by atoms with Gasteiger partial charge in [-0.05, 0) is 68.6 Å². The number of sulfonamides is 1. The molecule has 3 aromatic carbocycles. The molecule has 0 bridgehead atoms. The van der Waals surface area contributed by atoms with Crippen molar-refractivity contribution in [2.24, 2.45) is 0 Å². The summed E-state index contributed by atoms with van der Waals surface area (Å²) in [5.41, 5.74) is 1.71. The third-order valence-electron chi connectivity index (χ3n) is 6.05. The van der Waals surface area contributed by atoms with Gasteiger partial charge in [-0.2, -0.15) is 0 Å². The normalized spacial score (nSPS) is 12.1. The van der Waals surface area contributed by atoms with Gasteiger partial charge < -0.3 is 10.2 Å². The highest BCUT2D eigenvalue weighted by Gasteiger charge is 2.33. The number of carbonyl (C=O) groups excluding carboxylic acids is 2. The fraction of sp³-hybridized carbons (Fsp3) is 0.259. The van der Waals surface area contributed by atoms with Crippen LogP contribution in [0, 0.1) is 6.92 Å². The van der Waals surface area contributed by atoms with E-state index in [9.17, 15) is 18.0 Å². The number of nitrogens with zero attached hydrogens (tertiary/aromatic N) is 2. The molecule has 0 radical (unpaired) electrons. The standard InChI is InChI=1S/C27H29Cl2N3O4S2/c1-18-8-10-20(11-9-18)32(38(35,36)22-14-12-21(37-4)13-15-22)17-26(33)31(19(2)27(34)30-3)16-23-24(28)6-5-7-25(23)29/h5-15,19H,16-17H2,1-4H3,(H,30,34). The number of benzene rings is 3. The minimum atomic E-state index is -4.14. The Hall–Kier alpha value is -2.72. The molecule has 38 heavy (non-hydrogen) atoms. The van der Waals surface area contributed by atoms with Crippen LogP contribution in [0.2, 0.25) is 10.0 Å². The Balaban J connectivity index is 2.06. The zero-order chi connectivity index (χ0) is 28.0. The summed E-state index contributed by atoms with van der Waals surface area (Å²) in [7, 11) is -2.67. The first-order valence-corrected chi connectivity index (χ1v) is 15.1. The molecule has 2 amide bonds. The van der Waals surface area contributed by atoms with Crippen LogP contribution in [0.15, 0.2) is 76.5 Å². The summed E-state index contributed by atoms with van der Waals surface area (Å²) >= 11 is 14.2. The van der Waals surface area contributed by atoms with Crippen molar-refractivity contribution < 1.29 is 18.0 Å². The van der Waals surface area contributed by atoms with Crippen molar-refractivity contribution in [3.8, 4) is 0 Å². The van der Waals surface area contributed by atoms with Crippen LogP contribution >= 0.6 is 35.0 Å². The Morgan fingerprint density at radius 3 is 2.08 bits per heavy atom. The van der Waals surface area contributed by atoms with E-state index in [0.29, 0.717) is 21.3 Å². The highest BCUT2D eigenvalue weighted by atomic mass is 35.5. The molecule has 0 aliphatic carbocycles. The van der Waals surface area contributed by atoms with Crippen molar-refractivity contribution in [3.63, 3.8) is 0 Å². The molecule has 0 spiro atoms. The molecule has 3 rings (SSSR count). The third kappa shape index (κ3) is 6.83. The monoisotopic (exact) mass is 593 g/mol. The summed E-state index contributed by atoms with van der Waals surface area (Å²) in [5, 5.41) is 3.20. The maximum atomic E-state index is 13.8. The summed E-state index contributed by atoms with van der Waals surface area (Å²) in [6.45, 7) is 2.82. The molecule has 0 aromatic heterocycles. The maximum absolute atomic E-state index is 13.8. The molecule has 0 saturated carbocycles. The summed E-state index contributed by atoms with van der Waals surface area (Å²) < 4.78 is 28.7. The first-order valence-electron chi connectivity index (χ1n) is 11.7. The van der Waals surface area contributed by atoms with Crippen LogP contribution in [0.5, 0.6) is 0 Å². The van der Waals surface area contributed by atoms with Crippen LogP contribution in [0.4, 0.5) is 5.69 Å². The molecule has 1 unspecified atom stereocenters. The van der Waals surface area contributed by atoms with E-state index in [4.69, 9.17) is 23.2 Å². The highest BCUT2D eigenvalue weighted by molar-refractivity contribution is 7.98. The molecule has 3 aromatic rings. The van der Waals surface area contributed by atoms with E-state index >= 15 is 0 Å². The zero-order valence-corrected chi connectivity index (χ0v) is 24.6. The van der Waals surface area contributed by atoms with Gasteiger partial charge in [0.15, 0.2) is 0 Å². The Morgan fingerprint density at radius 1 is 0.974 bits per heavy atom. The number of amides is 2. The smallest absolute Gasteiger partial charge is 0.264 e. The maximum Gasteiger partial charge on any atom is 0.264 e. The SMILES string of the molecule is CNC(=O)C(C)N(Cc1c(Cl)cccc1Cl)C(=O)CN(c1ccc(C)cc1)S(=O)(=O)c1ccc(SC)cc1. The van der Waals surface area contributed by atoms with Crippen LogP contribution < -0.4 is 9.62 Å². The summed E-state index contributed by atoms with van der Waals surface area (Å²) in [4.78, 5) is 28.6. The number of hydrogen-bond donors (Lipinski definition) is 1. The minimum absolute atomic E-state index is 0.0451. The predicted octanol–water partition coefficient (Wildman–Crippen LogP) is 5.38. The molecular formula is C27H29Cl2N3O4S2. The molecule has 0 aliphatic rings. The summed E-state index contributed by atoms with van der Waals surface area (Å²) in [6, 6.07) is 17.3. The highest BCUT2D eigenvalue weighted by Crippen LogP contribution is 2.29. The van der Waals surface area contributed by atoms with E-state index in [2.05, 4.69) is 5.32 Å². The van der Waals surface area contributed by atoms with E-state index in [-0.39, 0.29) is 11.4 Å². The number of hydrogen-bond acceptors (Lipinski definition) is 5. The van der Waals surface area contributed by atoms with Gasteiger partial charge in [0.25, 0.3) is 10.0 Å². The van der Waals surface area contributed by atoms with Crippen molar-refractivity contribution in [2.45, 2.75) is 36.2 Å². The average Bonchev–Trinajstić information content (AvgIpc) is 2.91. The molecule has 7 nitrogen and oxygen atoms in total. The van der Waals surface area contributed by atoms with Gasteiger partial charge in [-0.3, -0.25) is 13.9 Å². The van der Waals surface area contributed by atoms with Crippen LogP contribution in [0.1, 0.15) is 18.1 Å². The third-order valence-corrected chi connectivity index (χ3v) is 9.29. The van der Waals surface area contributed by atoms with Crippen molar-refractivity contribution >= 4 is 62.5 Å². The van der Waals surface area contributed by atoms with Gasteiger partial charge in [0.05, 0.1) is 10.6 Å². The minimum Gasteiger partial charge on any atom is -0.357 e. The molecule has 1 atom stereocenters. The van der Waals surface area contributed by atoms with Gasteiger partial charge >= 0.3 is 0 Å². The summed E-state index contributed by atoms with van der Waals surface area (Å²) in [6.07, 6.45) is 1.90. The first kappa shape index (κ1) is 29.8. The number of likely N-dealkylation sites (N-methyl/N-ethyl adjacent to an activating group) is 1. The molecule has 0 heterocycles. The molecule has 1 N–H and O–H groups in total. The van der Waals surface area contributed by atoms with Crippen molar-refractivity contribution in [3.05, 3.63) is 87.9 Å². The molecule has 0 saturated heterocycles. The molecule has 0 fully saturated rings. The van der Waals surface area contributed by atoms with E-state index in [1.54, 1.807) is 61.5 Å². The Kier molecular flexibility index (Phi) is 10.1. The Bertz CT molecular complexity index is 1380. The second kappa shape index (κ2) is 12.9. The lowest BCUT2D eigenvalue weighted by atomic mass is 10.1. The average molecular weight is 595 g/mol. The second-order valence-electron chi connectivity index (χ2n) is 8.53. The topological polar surface area (TPSA) is 86.8 Å². The number of anilines is 1. The molecular weight excluding hydrogens is 565 g/mol. The molecule has 202 valence electrons. The summed E-state index contributed by atoms with van der Waals surface area (Å²) in [5.74, 6) is -1.01. The zero-order valence-electron chi connectivity index (χ0n) is 21.4. The molecule has 0 aliphatic heterocycles. The van der Waals surface area contributed by atoms with Gasteiger partial charge in [0.2, 0.25) is 11.8 Å². The lowest BCUT2D eigenvalue weighted by Gasteiger charge is -2.32. The number of carbonyl (C=O) groups is 2. The van der Waals surface area contributed by atoms with Crippen molar-refractivity contribution in [1.29, 1.82) is 0 Å². The van der Waals surface area contributed by atoms with E-state index < -0.39 is 34.4 Å². The van der Waals surface area contributed by atoms with Crippen LogP contribution in [-0.2, 0) is 26.2 Å². The second-order valence-corrected chi connectivity index (χ2v) is 12.1. The lowest BCUT2D eigenvalue weighted by molar-refractivity contribution is -0.139. The van der Waals surface area contributed by atoms with Crippen molar-refractivity contribution in [1.82, 2.24) is 10.2 Å². The fourth-order valence-corrected chi connectivity index (χ4v) is 6.10. The van der Waals surface area contributed by atoms with Gasteiger partial charge in [-0.1, -0.05) is 47.0 Å². The fourth-order valence-electron chi connectivity index (χ4n) is 3.76. The van der Waals surface area contributed by atoms with Crippen LogP contribution in [-0.4, -0.2) is 51.0 Å². The number of halogens is 2. The van der Waals surface area contributed by atoms with Crippen LogP contribution in [0.25, 0.3) is 0 Å². The van der Waals surface area contributed by atoms with Crippen molar-refractivity contribution in [2.75, 3.05) is 24.2 Å². The van der Waals surface area contributed by atoms with Gasteiger partial charge in [0, 0.05) is 34.1 Å². The largest absolute Gasteiger partial charge is 0.357 e. The first-order chi connectivity index (χ1) is 18.0. The quantitative estimate of drug-likeness (QED) is 0.319. The number of nitrogens with one attached hydrogen (secondary N) is 1. The van der Waals surface area contributed by atoms with E-state index in [0.717, 1.165) is 14.8 Å². The van der Waals surface area contributed by atoms with Gasteiger partial charge in [-0.25, -0.2) is 8.42 Å². The number of rotatable bonds is 10.